The lowest BCUT2D eigenvalue weighted by atomic mass is 9.91. The van der Waals surface area contributed by atoms with Crippen molar-refractivity contribution in [1.29, 1.82) is 0 Å². The molecule has 3 N–H and O–H groups in total. The molecule has 0 amide bonds. The highest BCUT2D eigenvalue weighted by Gasteiger charge is 2.27. The fourth-order valence-electron chi connectivity index (χ4n) is 4.61. The van der Waals surface area contributed by atoms with Gasteiger partial charge < -0.3 is 15.8 Å². The van der Waals surface area contributed by atoms with Gasteiger partial charge in [0, 0.05) is 11.9 Å². The molecule has 7 heteroatoms. The number of para-hydroxylation sites is 1. The molecule has 2 aromatic heterocycles. The van der Waals surface area contributed by atoms with Crippen LogP contribution in [0.5, 0.6) is 5.75 Å². The summed E-state index contributed by atoms with van der Waals surface area (Å²) in [6.07, 6.45) is 2.92. The monoisotopic (exact) mass is 442 g/mol. The van der Waals surface area contributed by atoms with Crippen molar-refractivity contribution in [3.63, 3.8) is 0 Å². The summed E-state index contributed by atoms with van der Waals surface area (Å²) in [5.74, 6) is 3.60. The van der Waals surface area contributed by atoms with Crippen molar-refractivity contribution in [3.05, 3.63) is 65.5 Å². The molecular formula is C26H30N6O. The lowest BCUT2D eigenvalue weighted by Crippen LogP contribution is -2.12. The fourth-order valence-corrected chi connectivity index (χ4v) is 4.61. The fraction of sp³-hybridized carbons (Fsp3) is 0.346. The minimum Gasteiger partial charge on any atom is -0.494 e. The van der Waals surface area contributed by atoms with Gasteiger partial charge in [-0.3, -0.25) is 4.57 Å². The highest BCUT2D eigenvalue weighted by Crippen LogP contribution is 2.33. The van der Waals surface area contributed by atoms with E-state index in [2.05, 4.69) is 31.3 Å². The number of hydrogen-bond donors (Lipinski definition) is 2. The van der Waals surface area contributed by atoms with Crippen LogP contribution >= 0.6 is 0 Å². The number of nitrogens with one attached hydrogen (secondary N) is 1. The smallest absolute Gasteiger partial charge is 0.239 e. The van der Waals surface area contributed by atoms with Gasteiger partial charge in [-0.2, -0.15) is 4.98 Å². The van der Waals surface area contributed by atoms with E-state index in [9.17, 15) is 0 Å². The first-order valence-electron chi connectivity index (χ1n) is 11.5. The molecule has 0 aliphatic heterocycles. The summed E-state index contributed by atoms with van der Waals surface area (Å²) in [5.41, 5.74) is 10.5. The predicted molar refractivity (Wildman–Crippen MR) is 132 cm³/mol. The topological polar surface area (TPSA) is 90.9 Å². The third-order valence-electron chi connectivity index (χ3n) is 6.81. The Morgan fingerprint density at radius 2 is 1.85 bits per heavy atom. The molecule has 2 atom stereocenters. The molecule has 0 saturated carbocycles. The van der Waals surface area contributed by atoms with E-state index in [0.717, 1.165) is 47.4 Å². The number of ether oxygens (including phenoxy) is 1. The molecule has 7 nitrogen and oxygen atoms in total. The number of benzene rings is 2. The molecule has 5 rings (SSSR count). The molecule has 2 aromatic carbocycles. The summed E-state index contributed by atoms with van der Waals surface area (Å²) in [6, 6.07) is 16.2. The van der Waals surface area contributed by atoms with Crippen LogP contribution in [0.3, 0.4) is 0 Å². The van der Waals surface area contributed by atoms with Crippen molar-refractivity contribution in [3.8, 4) is 11.7 Å². The van der Waals surface area contributed by atoms with Crippen LogP contribution < -0.4 is 15.8 Å². The van der Waals surface area contributed by atoms with E-state index in [0.29, 0.717) is 36.0 Å². The Kier molecular flexibility index (Phi) is 5.62. The van der Waals surface area contributed by atoms with Gasteiger partial charge in [0.25, 0.3) is 0 Å². The molecule has 0 radical (unpaired) electrons. The molecule has 33 heavy (non-hydrogen) atoms. The average molecular weight is 443 g/mol. The van der Waals surface area contributed by atoms with Gasteiger partial charge in [0.1, 0.15) is 17.1 Å². The van der Waals surface area contributed by atoms with Crippen LogP contribution in [0, 0.1) is 11.8 Å². The molecule has 0 bridgehead atoms. The molecular weight excluding hydrogens is 412 g/mol. The zero-order chi connectivity index (χ0) is 22.9. The Labute approximate surface area is 194 Å². The van der Waals surface area contributed by atoms with E-state index < -0.39 is 0 Å². The lowest BCUT2D eigenvalue weighted by Gasteiger charge is -2.16. The molecule has 0 spiro atoms. The first-order chi connectivity index (χ1) is 16.0. The maximum absolute atomic E-state index is 6.43. The Hall–Kier alpha value is -3.61. The molecule has 2 unspecified atom stereocenters. The molecule has 1 aliphatic rings. The summed E-state index contributed by atoms with van der Waals surface area (Å²) in [6.45, 7) is 5.25. The van der Waals surface area contributed by atoms with Crippen molar-refractivity contribution in [2.45, 2.75) is 39.7 Å². The third-order valence-corrected chi connectivity index (χ3v) is 6.81. The number of rotatable bonds is 5. The van der Waals surface area contributed by atoms with Gasteiger partial charge >= 0.3 is 0 Å². The van der Waals surface area contributed by atoms with Crippen molar-refractivity contribution in [1.82, 2.24) is 19.5 Å². The van der Waals surface area contributed by atoms with E-state index in [1.165, 1.54) is 5.56 Å². The normalized spacial score (nSPS) is 18.0. The number of hydrogen-bond acceptors (Lipinski definition) is 6. The maximum Gasteiger partial charge on any atom is 0.239 e. The van der Waals surface area contributed by atoms with Gasteiger partial charge in [-0.1, -0.05) is 50.2 Å². The first-order valence-corrected chi connectivity index (χ1v) is 11.5. The van der Waals surface area contributed by atoms with Gasteiger partial charge in [0.05, 0.1) is 18.5 Å². The first kappa shape index (κ1) is 21.2. The van der Waals surface area contributed by atoms with Crippen molar-refractivity contribution in [2.24, 2.45) is 11.8 Å². The largest absolute Gasteiger partial charge is 0.494 e. The van der Waals surface area contributed by atoms with Crippen molar-refractivity contribution < 1.29 is 4.74 Å². The summed E-state index contributed by atoms with van der Waals surface area (Å²) in [4.78, 5) is 14.6. The van der Waals surface area contributed by atoms with E-state index >= 15 is 0 Å². The quantitative estimate of drug-likeness (QED) is 0.432. The Morgan fingerprint density at radius 3 is 2.64 bits per heavy atom. The third kappa shape index (κ3) is 3.99. The number of aromatic nitrogens is 4. The zero-order valence-electron chi connectivity index (χ0n) is 19.4. The van der Waals surface area contributed by atoms with Crippen LogP contribution in [0.2, 0.25) is 0 Å². The summed E-state index contributed by atoms with van der Waals surface area (Å²) in [5, 5.41) is 4.41. The number of imidazole rings is 1. The second-order valence-corrected chi connectivity index (χ2v) is 8.96. The molecule has 0 fully saturated rings. The molecule has 1 aliphatic carbocycles. The van der Waals surface area contributed by atoms with Gasteiger partial charge in [0.15, 0.2) is 0 Å². The van der Waals surface area contributed by atoms with E-state index in [4.69, 9.17) is 25.4 Å². The van der Waals surface area contributed by atoms with Gasteiger partial charge in [0.2, 0.25) is 11.9 Å². The average Bonchev–Trinajstić information content (AvgIpc) is 3.07. The maximum atomic E-state index is 6.43. The number of anilines is 2. The second-order valence-electron chi connectivity index (χ2n) is 8.96. The highest BCUT2D eigenvalue weighted by molar-refractivity contribution is 5.93. The number of nitrogens with two attached hydrogens (primary N) is 1. The highest BCUT2D eigenvalue weighted by atomic mass is 16.5. The number of nitrogen functional groups attached to an aromatic ring is 1. The van der Waals surface area contributed by atoms with E-state index in [-0.39, 0.29) is 0 Å². The zero-order valence-corrected chi connectivity index (χ0v) is 19.4. The van der Waals surface area contributed by atoms with Gasteiger partial charge in [-0.05, 0) is 48.8 Å². The molecule has 4 aromatic rings. The van der Waals surface area contributed by atoms with Crippen LogP contribution in [0.25, 0.3) is 16.9 Å². The predicted octanol–water partition coefficient (Wildman–Crippen LogP) is 4.78. The van der Waals surface area contributed by atoms with Crippen LogP contribution in [0.15, 0.2) is 48.5 Å². The van der Waals surface area contributed by atoms with Crippen LogP contribution in [0.1, 0.15) is 37.2 Å². The second kappa shape index (κ2) is 8.73. The summed E-state index contributed by atoms with van der Waals surface area (Å²) in [7, 11) is 1.66. The number of methoxy groups -OCH3 is 1. The molecule has 2 heterocycles. The van der Waals surface area contributed by atoms with Crippen molar-refractivity contribution >= 4 is 22.7 Å². The van der Waals surface area contributed by atoms with E-state index in [1.807, 2.05) is 41.0 Å². The van der Waals surface area contributed by atoms with E-state index in [1.54, 1.807) is 7.11 Å². The SMILES string of the molecule is COc1cccc2c(NCc3ccccc3)nc(-n3c(N)nc4c3CCC(C)C(C)C4)nc12. The minimum absolute atomic E-state index is 0.435. The Bertz CT molecular complexity index is 1280. The Balaban J connectivity index is 1.64. The minimum atomic E-state index is 0.435. The summed E-state index contributed by atoms with van der Waals surface area (Å²) >= 11 is 0. The van der Waals surface area contributed by atoms with Crippen molar-refractivity contribution in [2.75, 3.05) is 18.2 Å². The number of fused-ring (bicyclic) bond motifs is 2. The standard InChI is InChI=1S/C26H30N6O/c1-16-12-13-21-20(14-17(16)2)29-25(27)32(21)26-30-23-19(10-7-11-22(23)33-3)24(31-26)28-15-18-8-5-4-6-9-18/h4-11,16-17H,12-15H2,1-3H3,(H2,27,29)(H,28,30,31). The molecule has 170 valence electrons. The van der Waals surface area contributed by atoms with Crippen LogP contribution in [-0.4, -0.2) is 26.6 Å². The summed E-state index contributed by atoms with van der Waals surface area (Å²) < 4.78 is 7.56. The van der Waals surface area contributed by atoms with Crippen LogP contribution in [-0.2, 0) is 19.4 Å². The number of nitrogens with zero attached hydrogens (tertiary/aromatic N) is 4. The van der Waals surface area contributed by atoms with Gasteiger partial charge in [-0.15, -0.1) is 0 Å². The molecule has 0 saturated heterocycles. The lowest BCUT2D eigenvalue weighted by molar-refractivity contribution is 0.373. The Morgan fingerprint density at radius 1 is 1.03 bits per heavy atom. The van der Waals surface area contributed by atoms with Crippen LogP contribution in [0.4, 0.5) is 11.8 Å². The van der Waals surface area contributed by atoms with Gasteiger partial charge in [-0.25, -0.2) is 9.97 Å².